The summed E-state index contributed by atoms with van der Waals surface area (Å²) in [6.07, 6.45) is 0.523. The van der Waals surface area contributed by atoms with Crippen molar-refractivity contribution >= 4 is 26.8 Å². The Morgan fingerprint density at radius 2 is 1.67 bits per heavy atom. The van der Waals surface area contributed by atoms with E-state index in [4.69, 9.17) is 18.7 Å². The van der Waals surface area contributed by atoms with Crippen molar-refractivity contribution in [1.82, 2.24) is 10.1 Å². The van der Waals surface area contributed by atoms with E-state index in [1.165, 1.54) is 33.5 Å². The number of aliphatic hydroxyl groups excluding tert-OH is 1. The number of aromatic nitrogens is 2. The lowest BCUT2D eigenvalue weighted by Crippen LogP contribution is -2.15. The van der Waals surface area contributed by atoms with E-state index in [0.29, 0.717) is 11.3 Å². The third kappa shape index (κ3) is 4.15. The molecular formula is C22H21N3O7S. The van der Waals surface area contributed by atoms with Crippen LogP contribution in [0.25, 0.3) is 11.0 Å². The average Bonchev–Trinajstić information content (AvgIpc) is 3.24. The molecule has 0 aliphatic carbocycles. The number of hydrogen-bond acceptors (Lipinski definition) is 9. The molecule has 2 heterocycles. The molecule has 0 aliphatic heterocycles. The summed E-state index contributed by atoms with van der Waals surface area (Å²) in [4.78, 5) is 3.97. The highest BCUT2D eigenvalue weighted by Gasteiger charge is 2.28. The molecule has 172 valence electrons. The first kappa shape index (κ1) is 22.4. The van der Waals surface area contributed by atoms with E-state index in [2.05, 4.69) is 14.9 Å². The minimum Gasteiger partial charge on any atom is -0.496 e. The van der Waals surface area contributed by atoms with E-state index in [9.17, 15) is 13.5 Å². The van der Waals surface area contributed by atoms with Gasteiger partial charge in [-0.1, -0.05) is 17.3 Å². The molecule has 33 heavy (non-hydrogen) atoms. The van der Waals surface area contributed by atoms with Crippen LogP contribution >= 0.6 is 0 Å². The molecule has 0 saturated heterocycles. The van der Waals surface area contributed by atoms with E-state index < -0.39 is 16.1 Å². The van der Waals surface area contributed by atoms with Crippen LogP contribution in [0.4, 0.5) is 5.82 Å². The molecule has 0 bridgehead atoms. The number of methoxy groups -OCH3 is 3. The maximum Gasteiger partial charge on any atom is 0.270 e. The van der Waals surface area contributed by atoms with Gasteiger partial charge in [-0.05, 0) is 42.0 Å². The Labute approximate surface area is 189 Å². The summed E-state index contributed by atoms with van der Waals surface area (Å²) in [5.41, 5.74) is 1.08. The van der Waals surface area contributed by atoms with Gasteiger partial charge in [0.25, 0.3) is 10.0 Å². The van der Waals surface area contributed by atoms with E-state index in [1.807, 2.05) is 0 Å². The maximum absolute atomic E-state index is 13.2. The van der Waals surface area contributed by atoms with Gasteiger partial charge in [0.15, 0.2) is 16.3 Å². The van der Waals surface area contributed by atoms with Crippen molar-refractivity contribution in [3.05, 3.63) is 66.0 Å². The third-order valence-electron chi connectivity index (χ3n) is 4.95. The summed E-state index contributed by atoms with van der Waals surface area (Å²) in [5.74, 6) is 0.363. The van der Waals surface area contributed by atoms with Crippen molar-refractivity contribution in [2.75, 3.05) is 26.1 Å². The number of ether oxygens (including phenoxy) is 3. The molecule has 4 aromatic rings. The standard InChI is InChI=1S/C22H21N3O7S/c1-29-15-8-6-9-16(30-2)21(15)33(27,28)25-22-19-17(31-3)11-13(12-18(19)32-24-22)20(26)14-7-4-5-10-23-14/h4-12,20,26H,1-3H3,(H,24,25). The number of fused-ring (bicyclic) bond motifs is 1. The lowest BCUT2D eigenvalue weighted by atomic mass is 10.0. The lowest BCUT2D eigenvalue weighted by molar-refractivity contribution is 0.215. The van der Waals surface area contributed by atoms with Crippen LogP contribution < -0.4 is 18.9 Å². The average molecular weight is 471 g/mol. The Balaban J connectivity index is 1.78. The first-order chi connectivity index (χ1) is 15.9. The molecule has 10 nitrogen and oxygen atoms in total. The molecule has 0 spiro atoms. The van der Waals surface area contributed by atoms with E-state index >= 15 is 0 Å². The van der Waals surface area contributed by atoms with Gasteiger partial charge in [0.2, 0.25) is 0 Å². The highest BCUT2D eigenvalue weighted by atomic mass is 32.2. The molecule has 2 N–H and O–H groups in total. The van der Waals surface area contributed by atoms with Crippen LogP contribution in [0, 0.1) is 0 Å². The molecule has 0 fully saturated rings. The Hall–Kier alpha value is -3.83. The minimum atomic E-state index is -4.19. The van der Waals surface area contributed by atoms with E-state index in [0.717, 1.165) is 0 Å². The second kappa shape index (κ2) is 8.96. The third-order valence-corrected chi connectivity index (χ3v) is 6.35. The Morgan fingerprint density at radius 1 is 0.970 bits per heavy atom. The van der Waals surface area contributed by atoms with Crippen molar-refractivity contribution in [2.24, 2.45) is 0 Å². The number of anilines is 1. The molecule has 2 aromatic carbocycles. The second-order valence-corrected chi connectivity index (χ2v) is 8.50. The zero-order chi connectivity index (χ0) is 23.6. The van der Waals surface area contributed by atoms with Crippen LogP contribution in [0.1, 0.15) is 17.4 Å². The topological polar surface area (TPSA) is 133 Å². The number of aliphatic hydroxyl groups is 1. The van der Waals surface area contributed by atoms with Crippen LogP contribution in [0.2, 0.25) is 0 Å². The van der Waals surface area contributed by atoms with Gasteiger partial charge in [0.1, 0.15) is 28.7 Å². The van der Waals surface area contributed by atoms with Crippen molar-refractivity contribution in [3.8, 4) is 17.2 Å². The second-order valence-electron chi connectivity index (χ2n) is 6.88. The predicted octanol–water partition coefficient (Wildman–Crippen LogP) is 3.13. The van der Waals surface area contributed by atoms with Gasteiger partial charge in [-0.3, -0.25) is 9.71 Å². The van der Waals surface area contributed by atoms with Gasteiger partial charge >= 0.3 is 0 Å². The van der Waals surface area contributed by atoms with Crippen molar-refractivity contribution in [3.63, 3.8) is 0 Å². The summed E-state index contributed by atoms with van der Waals surface area (Å²) in [6.45, 7) is 0. The van der Waals surface area contributed by atoms with Crippen molar-refractivity contribution in [1.29, 1.82) is 0 Å². The fraction of sp³-hybridized carbons (Fsp3) is 0.182. The Kier molecular flexibility index (Phi) is 6.07. The maximum atomic E-state index is 13.2. The van der Waals surface area contributed by atoms with E-state index in [1.54, 1.807) is 42.6 Å². The van der Waals surface area contributed by atoms with Gasteiger partial charge in [-0.25, -0.2) is 8.42 Å². The van der Waals surface area contributed by atoms with Crippen molar-refractivity contribution < 1.29 is 32.3 Å². The summed E-state index contributed by atoms with van der Waals surface area (Å²) in [5, 5.41) is 14.9. The SMILES string of the molecule is COc1cccc(OC)c1S(=O)(=O)Nc1noc2cc(C(O)c3ccccn3)cc(OC)c12. The molecule has 0 saturated carbocycles. The number of sulfonamides is 1. The van der Waals surface area contributed by atoms with Crippen LogP contribution in [-0.4, -0.2) is 45.0 Å². The molecule has 0 amide bonds. The van der Waals surface area contributed by atoms with Gasteiger partial charge < -0.3 is 23.8 Å². The quantitative estimate of drug-likeness (QED) is 0.397. The summed E-state index contributed by atoms with van der Waals surface area (Å²) in [6, 6.07) is 12.9. The number of nitrogens with one attached hydrogen (secondary N) is 1. The Morgan fingerprint density at radius 3 is 2.27 bits per heavy atom. The molecule has 0 radical (unpaired) electrons. The molecular weight excluding hydrogens is 450 g/mol. The fourth-order valence-electron chi connectivity index (χ4n) is 3.41. The largest absolute Gasteiger partial charge is 0.496 e. The van der Waals surface area contributed by atoms with Crippen LogP contribution in [-0.2, 0) is 10.0 Å². The summed E-state index contributed by atoms with van der Waals surface area (Å²) >= 11 is 0. The highest BCUT2D eigenvalue weighted by Crippen LogP contribution is 2.39. The predicted molar refractivity (Wildman–Crippen MR) is 119 cm³/mol. The first-order valence-corrected chi connectivity index (χ1v) is 11.2. The molecule has 1 unspecified atom stereocenters. The van der Waals surface area contributed by atoms with Gasteiger partial charge in [0.05, 0.1) is 27.0 Å². The number of pyridine rings is 1. The smallest absolute Gasteiger partial charge is 0.270 e. The Bertz CT molecular complexity index is 1370. The van der Waals surface area contributed by atoms with Gasteiger partial charge in [0, 0.05) is 6.20 Å². The molecule has 4 rings (SSSR count). The highest BCUT2D eigenvalue weighted by molar-refractivity contribution is 7.93. The number of nitrogens with zero attached hydrogens (tertiary/aromatic N) is 2. The lowest BCUT2D eigenvalue weighted by Gasteiger charge is -2.14. The molecule has 1 atom stereocenters. The van der Waals surface area contributed by atoms with Gasteiger partial charge in [-0.2, -0.15) is 0 Å². The normalized spacial score (nSPS) is 12.4. The summed E-state index contributed by atoms with van der Waals surface area (Å²) in [7, 11) is -0.0594. The number of rotatable bonds is 8. The first-order valence-electron chi connectivity index (χ1n) is 9.69. The zero-order valence-electron chi connectivity index (χ0n) is 18.0. The zero-order valence-corrected chi connectivity index (χ0v) is 18.8. The summed E-state index contributed by atoms with van der Waals surface area (Å²) < 4.78 is 50.1. The van der Waals surface area contributed by atoms with Crippen LogP contribution in [0.3, 0.4) is 0 Å². The minimum absolute atomic E-state index is 0.0892. The van der Waals surface area contributed by atoms with Gasteiger partial charge in [-0.15, -0.1) is 0 Å². The molecule has 0 aliphatic rings. The van der Waals surface area contributed by atoms with Crippen molar-refractivity contribution in [2.45, 2.75) is 11.0 Å². The number of benzene rings is 2. The van der Waals surface area contributed by atoms with E-state index in [-0.39, 0.29) is 38.9 Å². The number of hydrogen-bond donors (Lipinski definition) is 2. The van der Waals surface area contributed by atoms with Crippen LogP contribution in [0.5, 0.6) is 17.2 Å². The molecule has 2 aromatic heterocycles. The fourth-order valence-corrected chi connectivity index (χ4v) is 4.74. The van der Waals surface area contributed by atoms with Crippen LogP contribution in [0.15, 0.2) is 64.1 Å². The molecule has 11 heteroatoms. The monoisotopic (exact) mass is 471 g/mol.